The summed E-state index contributed by atoms with van der Waals surface area (Å²) in [5.74, 6) is -3.70. The molecule has 0 aromatic carbocycles. The van der Waals surface area contributed by atoms with Crippen LogP contribution in [0.25, 0.3) is 0 Å². The topological polar surface area (TPSA) is 142 Å². The van der Waals surface area contributed by atoms with E-state index in [-0.39, 0.29) is 17.9 Å². The van der Waals surface area contributed by atoms with Crippen LogP contribution in [0, 0.1) is 5.92 Å². The van der Waals surface area contributed by atoms with Crippen molar-refractivity contribution < 1.29 is 33.8 Å². The van der Waals surface area contributed by atoms with E-state index in [2.05, 4.69) is 10.6 Å². The molecule has 2 fully saturated rings. The van der Waals surface area contributed by atoms with Gasteiger partial charge in [0.05, 0.1) is 6.04 Å². The van der Waals surface area contributed by atoms with Crippen LogP contribution >= 0.6 is 0 Å². The van der Waals surface area contributed by atoms with Crippen molar-refractivity contribution in [3.63, 3.8) is 0 Å². The Labute approximate surface area is 188 Å². The zero-order valence-electron chi connectivity index (χ0n) is 19.1. The van der Waals surface area contributed by atoms with E-state index in [4.69, 9.17) is 9.84 Å². The number of nitrogens with one attached hydrogen (secondary N) is 2. The van der Waals surface area contributed by atoms with Gasteiger partial charge in [0.1, 0.15) is 18.2 Å². The standard InChI is InChI=1S/C22H35N3O7/c1-4-13(2)32-22(31)24-17(15-9-6-5-7-10-15)20(28)25-12-8-11-16(25)19(27)23-14(3)18(26)21(29)30/h13-17H,4-12H2,1-3H3,(H,23,27)(H,24,31)(H,29,30). The summed E-state index contributed by atoms with van der Waals surface area (Å²) in [7, 11) is 0. The van der Waals surface area contributed by atoms with Crippen molar-refractivity contribution in [3.8, 4) is 0 Å². The van der Waals surface area contributed by atoms with Crippen LogP contribution in [0.1, 0.15) is 72.1 Å². The van der Waals surface area contributed by atoms with Gasteiger partial charge in [0, 0.05) is 6.54 Å². The predicted octanol–water partition coefficient (Wildman–Crippen LogP) is 1.61. The maximum Gasteiger partial charge on any atom is 0.408 e. The number of ketones is 1. The van der Waals surface area contributed by atoms with Crippen LogP contribution in [0.2, 0.25) is 0 Å². The average Bonchev–Trinajstić information content (AvgIpc) is 3.27. The van der Waals surface area contributed by atoms with Gasteiger partial charge in [-0.15, -0.1) is 0 Å². The molecule has 4 atom stereocenters. The summed E-state index contributed by atoms with van der Waals surface area (Å²) in [6.45, 7) is 5.32. The van der Waals surface area contributed by atoms with Crippen molar-refractivity contribution >= 4 is 29.7 Å². The predicted molar refractivity (Wildman–Crippen MR) is 115 cm³/mol. The second-order valence-electron chi connectivity index (χ2n) is 8.73. The number of carbonyl (C=O) groups is 5. The molecule has 1 saturated carbocycles. The number of hydrogen-bond acceptors (Lipinski definition) is 6. The quantitative estimate of drug-likeness (QED) is 0.450. The number of carboxylic acid groups (broad SMARTS) is 1. The van der Waals surface area contributed by atoms with Crippen molar-refractivity contribution in [1.82, 2.24) is 15.5 Å². The summed E-state index contributed by atoms with van der Waals surface area (Å²) in [5.41, 5.74) is 0. The Balaban J connectivity index is 2.13. The van der Waals surface area contributed by atoms with E-state index >= 15 is 0 Å². The number of carboxylic acids is 1. The first kappa shape index (κ1) is 25.6. The van der Waals surface area contributed by atoms with Crippen LogP contribution in [0.5, 0.6) is 0 Å². The number of hydrogen-bond donors (Lipinski definition) is 3. The van der Waals surface area contributed by atoms with Crippen LogP contribution in [-0.2, 0) is 23.9 Å². The Bertz CT molecular complexity index is 720. The minimum atomic E-state index is -1.63. The van der Waals surface area contributed by atoms with E-state index in [1.54, 1.807) is 6.92 Å². The van der Waals surface area contributed by atoms with Crippen LogP contribution in [0.3, 0.4) is 0 Å². The molecule has 2 rings (SSSR count). The van der Waals surface area contributed by atoms with Crippen LogP contribution in [-0.4, -0.2) is 70.4 Å². The third-order valence-electron chi connectivity index (χ3n) is 6.35. The molecule has 180 valence electrons. The molecule has 32 heavy (non-hydrogen) atoms. The van der Waals surface area contributed by atoms with E-state index in [0.717, 1.165) is 32.1 Å². The maximum atomic E-state index is 13.5. The number of aliphatic carboxylic acids is 1. The van der Waals surface area contributed by atoms with Gasteiger partial charge in [0.2, 0.25) is 11.8 Å². The number of rotatable bonds is 9. The summed E-state index contributed by atoms with van der Waals surface area (Å²) in [6.07, 6.45) is 5.34. The van der Waals surface area contributed by atoms with Crippen LogP contribution < -0.4 is 10.6 Å². The summed E-state index contributed by atoms with van der Waals surface area (Å²) in [6, 6.07) is -2.81. The molecule has 1 heterocycles. The number of carbonyl (C=O) groups excluding carboxylic acids is 4. The minimum Gasteiger partial charge on any atom is -0.475 e. The lowest BCUT2D eigenvalue weighted by Crippen LogP contribution is -2.57. The van der Waals surface area contributed by atoms with Gasteiger partial charge >= 0.3 is 12.1 Å². The zero-order chi connectivity index (χ0) is 23.8. The van der Waals surface area contributed by atoms with Crippen LogP contribution in [0.4, 0.5) is 4.79 Å². The highest BCUT2D eigenvalue weighted by Crippen LogP contribution is 2.29. The lowest BCUT2D eigenvalue weighted by Gasteiger charge is -2.34. The highest BCUT2D eigenvalue weighted by Gasteiger charge is 2.41. The summed E-state index contributed by atoms with van der Waals surface area (Å²) in [4.78, 5) is 62.5. The van der Waals surface area contributed by atoms with Crippen molar-refractivity contribution in [1.29, 1.82) is 0 Å². The monoisotopic (exact) mass is 453 g/mol. The number of Topliss-reactive ketones (excluding diaryl/α,β-unsaturated/α-hetero) is 1. The first-order valence-electron chi connectivity index (χ1n) is 11.5. The Morgan fingerprint density at radius 2 is 1.66 bits per heavy atom. The molecule has 2 aliphatic rings. The molecular weight excluding hydrogens is 418 g/mol. The molecule has 0 radical (unpaired) electrons. The average molecular weight is 454 g/mol. The molecule has 0 spiro atoms. The molecule has 3 amide bonds. The first-order chi connectivity index (χ1) is 15.1. The molecule has 0 aromatic heterocycles. The molecule has 0 bridgehead atoms. The number of ether oxygens (including phenoxy) is 1. The van der Waals surface area contributed by atoms with Crippen molar-refractivity contribution in [2.45, 2.75) is 96.4 Å². The fourth-order valence-corrected chi connectivity index (χ4v) is 4.32. The Kier molecular flexibility index (Phi) is 9.46. The van der Waals surface area contributed by atoms with E-state index in [1.165, 1.54) is 11.8 Å². The molecule has 10 heteroatoms. The van der Waals surface area contributed by atoms with Crippen molar-refractivity contribution in [2.24, 2.45) is 5.92 Å². The summed E-state index contributed by atoms with van der Waals surface area (Å²) >= 11 is 0. The largest absolute Gasteiger partial charge is 0.475 e. The Morgan fingerprint density at radius 3 is 2.25 bits per heavy atom. The van der Waals surface area contributed by atoms with Gasteiger partial charge in [-0.2, -0.15) is 0 Å². The fourth-order valence-electron chi connectivity index (χ4n) is 4.32. The highest BCUT2D eigenvalue weighted by molar-refractivity contribution is 6.35. The molecule has 1 saturated heterocycles. The Morgan fingerprint density at radius 1 is 1.00 bits per heavy atom. The molecule has 10 nitrogen and oxygen atoms in total. The molecule has 4 unspecified atom stereocenters. The van der Waals surface area contributed by atoms with Crippen LogP contribution in [0.15, 0.2) is 0 Å². The lowest BCUT2D eigenvalue weighted by atomic mass is 9.83. The lowest BCUT2D eigenvalue weighted by molar-refractivity contribution is -0.150. The third-order valence-corrected chi connectivity index (χ3v) is 6.35. The van der Waals surface area contributed by atoms with Gasteiger partial charge in [-0.3, -0.25) is 14.4 Å². The summed E-state index contributed by atoms with van der Waals surface area (Å²) in [5, 5.41) is 14.0. The van der Waals surface area contributed by atoms with Gasteiger partial charge in [-0.25, -0.2) is 9.59 Å². The normalized spacial score (nSPS) is 21.8. The summed E-state index contributed by atoms with van der Waals surface area (Å²) < 4.78 is 5.32. The van der Waals surface area contributed by atoms with E-state index in [0.29, 0.717) is 25.8 Å². The smallest absolute Gasteiger partial charge is 0.408 e. The van der Waals surface area contributed by atoms with Gasteiger partial charge in [-0.1, -0.05) is 26.2 Å². The van der Waals surface area contributed by atoms with Gasteiger partial charge in [0.15, 0.2) is 0 Å². The maximum absolute atomic E-state index is 13.5. The van der Waals surface area contributed by atoms with E-state index < -0.39 is 41.9 Å². The molecular formula is C22H35N3O7. The molecule has 3 N–H and O–H groups in total. The minimum absolute atomic E-state index is 0.0439. The molecule has 1 aliphatic carbocycles. The SMILES string of the molecule is CCC(C)OC(=O)NC(C(=O)N1CCCC1C(=O)NC(C)C(=O)C(=O)O)C1CCCCC1. The number of amides is 3. The number of nitrogens with zero attached hydrogens (tertiary/aromatic N) is 1. The second-order valence-corrected chi connectivity index (χ2v) is 8.73. The first-order valence-corrected chi connectivity index (χ1v) is 11.5. The van der Waals surface area contributed by atoms with Gasteiger partial charge in [0.25, 0.3) is 5.78 Å². The zero-order valence-corrected chi connectivity index (χ0v) is 19.1. The number of alkyl carbamates (subject to hydrolysis) is 1. The van der Waals surface area contributed by atoms with Gasteiger partial charge in [-0.05, 0) is 51.9 Å². The highest BCUT2D eigenvalue weighted by atomic mass is 16.6. The van der Waals surface area contributed by atoms with Crippen molar-refractivity contribution in [3.05, 3.63) is 0 Å². The molecule has 1 aliphatic heterocycles. The Hall–Kier alpha value is -2.65. The van der Waals surface area contributed by atoms with Crippen molar-refractivity contribution in [2.75, 3.05) is 6.54 Å². The number of likely N-dealkylation sites (tertiary alicyclic amines) is 1. The third kappa shape index (κ3) is 6.67. The van der Waals surface area contributed by atoms with E-state index in [9.17, 15) is 24.0 Å². The molecule has 0 aromatic rings. The second kappa shape index (κ2) is 11.8. The van der Waals surface area contributed by atoms with Gasteiger partial charge < -0.3 is 25.4 Å². The van der Waals surface area contributed by atoms with E-state index in [1.807, 2.05) is 6.92 Å². The fraction of sp³-hybridized carbons (Fsp3) is 0.773.